The van der Waals surface area contributed by atoms with Crippen LogP contribution in [0.2, 0.25) is 0 Å². The number of nitrogens with one attached hydrogen (secondary N) is 2. The highest BCUT2D eigenvalue weighted by atomic mass is 19.4. The maximum absolute atomic E-state index is 14.0. The first-order chi connectivity index (χ1) is 15.6. The Bertz CT molecular complexity index is 1040. The topological polar surface area (TPSA) is 77.4 Å². The van der Waals surface area contributed by atoms with Gasteiger partial charge in [0.15, 0.2) is 17.5 Å². The summed E-state index contributed by atoms with van der Waals surface area (Å²) in [6.45, 7) is 9.97. The van der Waals surface area contributed by atoms with E-state index in [2.05, 4.69) is 36.5 Å². The minimum Gasteiger partial charge on any atom is -0.493 e. The van der Waals surface area contributed by atoms with E-state index in [1.165, 1.54) is 20.4 Å². The van der Waals surface area contributed by atoms with E-state index in [4.69, 9.17) is 9.47 Å². The second-order valence-corrected chi connectivity index (χ2v) is 10.5. The Morgan fingerprint density at radius 2 is 1.79 bits per heavy atom. The molecule has 7 nitrogen and oxygen atoms in total. The number of carbonyl (C=O) groups is 1. The number of nitrogens with zero attached hydrogens (tertiary/aromatic N) is 2. The molecule has 3 rings (SSSR count). The van der Waals surface area contributed by atoms with Crippen LogP contribution in [0.1, 0.15) is 75.5 Å². The van der Waals surface area contributed by atoms with E-state index < -0.39 is 29.7 Å². The van der Waals surface area contributed by atoms with Crippen LogP contribution in [-0.4, -0.2) is 41.6 Å². The normalized spacial score (nSPS) is 18.6. The molecule has 0 saturated heterocycles. The molecule has 1 aliphatic rings. The van der Waals surface area contributed by atoms with Gasteiger partial charge in [-0.1, -0.05) is 26.8 Å². The lowest BCUT2D eigenvalue weighted by atomic mass is 9.81. The molecule has 0 unspecified atom stereocenters. The van der Waals surface area contributed by atoms with Crippen molar-refractivity contribution in [3.05, 3.63) is 35.5 Å². The number of halogens is 3. The van der Waals surface area contributed by atoms with Crippen LogP contribution in [0.4, 0.5) is 19.0 Å². The third-order valence-corrected chi connectivity index (χ3v) is 5.72. The van der Waals surface area contributed by atoms with E-state index in [1.807, 2.05) is 13.8 Å². The number of rotatable bonds is 6. The number of carbonyl (C=O) groups excluding carboxylic acids is 1. The van der Waals surface area contributed by atoms with Crippen molar-refractivity contribution in [1.82, 2.24) is 15.1 Å². The molecule has 2 atom stereocenters. The van der Waals surface area contributed by atoms with Crippen LogP contribution in [0.15, 0.2) is 24.4 Å². The molecule has 188 valence electrons. The summed E-state index contributed by atoms with van der Waals surface area (Å²) in [4.78, 5) is 13.1. The summed E-state index contributed by atoms with van der Waals surface area (Å²) in [7, 11) is 2.95. The lowest BCUT2D eigenvalue weighted by Gasteiger charge is -2.35. The summed E-state index contributed by atoms with van der Waals surface area (Å²) >= 11 is 0. The third kappa shape index (κ3) is 5.59. The summed E-state index contributed by atoms with van der Waals surface area (Å²) in [6.07, 6.45) is -2.95. The number of anilines is 1. The van der Waals surface area contributed by atoms with Crippen LogP contribution >= 0.6 is 0 Å². The fourth-order valence-electron chi connectivity index (χ4n) is 4.76. The van der Waals surface area contributed by atoms with Gasteiger partial charge in [-0.15, -0.1) is 0 Å². The smallest absolute Gasteiger partial charge is 0.410 e. The Morgan fingerprint density at radius 1 is 1.15 bits per heavy atom. The van der Waals surface area contributed by atoms with Gasteiger partial charge < -0.3 is 20.1 Å². The van der Waals surface area contributed by atoms with Gasteiger partial charge in [-0.3, -0.25) is 4.79 Å². The van der Waals surface area contributed by atoms with Gasteiger partial charge in [0, 0.05) is 12.0 Å². The van der Waals surface area contributed by atoms with Crippen molar-refractivity contribution in [1.29, 1.82) is 0 Å². The maximum Gasteiger partial charge on any atom is 0.410 e. The fourth-order valence-corrected chi connectivity index (χ4v) is 4.76. The average molecular weight is 483 g/mol. The van der Waals surface area contributed by atoms with Crippen molar-refractivity contribution in [3.8, 4) is 11.5 Å². The van der Waals surface area contributed by atoms with Gasteiger partial charge in [0.25, 0.3) is 5.91 Å². The van der Waals surface area contributed by atoms with Gasteiger partial charge in [-0.25, -0.2) is 4.68 Å². The Hall–Kier alpha value is -2.91. The first-order valence-corrected chi connectivity index (χ1v) is 11.1. The van der Waals surface area contributed by atoms with Crippen molar-refractivity contribution in [2.75, 3.05) is 19.5 Å². The highest BCUT2D eigenvalue weighted by molar-refractivity contribution is 5.99. The van der Waals surface area contributed by atoms with E-state index >= 15 is 0 Å². The van der Waals surface area contributed by atoms with Gasteiger partial charge in [0.2, 0.25) is 0 Å². The highest BCUT2D eigenvalue weighted by Crippen LogP contribution is 2.45. The highest BCUT2D eigenvalue weighted by Gasteiger charge is 2.47. The summed E-state index contributed by atoms with van der Waals surface area (Å²) in [6, 6.07) is 2.37. The first-order valence-electron chi connectivity index (χ1n) is 11.1. The van der Waals surface area contributed by atoms with Crippen LogP contribution in [0.25, 0.3) is 0 Å². The largest absolute Gasteiger partial charge is 0.493 e. The number of hydrogen-bond donors (Lipinski definition) is 2. The lowest BCUT2D eigenvalue weighted by Crippen LogP contribution is -2.46. The van der Waals surface area contributed by atoms with Gasteiger partial charge in [0.05, 0.1) is 26.5 Å². The Morgan fingerprint density at radius 3 is 2.35 bits per heavy atom. The quantitative estimate of drug-likeness (QED) is 0.568. The predicted octanol–water partition coefficient (Wildman–Crippen LogP) is 5.51. The summed E-state index contributed by atoms with van der Waals surface area (Å²) in [5.41, 5.74) is 0.0402. The SMILES string of the molecule is COc1ccc([C@@H]2C[C@@H](C(F)(F)F)n3ncc(C(=O)NC(C)(C)CC(C)(C)C)c3N2)cc1OC. The second-order valence-electron chi connectivity index (χ2n) is 10.5. The average Bonchev–Trinajstić information content (AvgIpc) is 3.13. The van der Waals surface area contributed by atoms with Crippen molar-refractivity contribution in [3.63, 3.8) is 0 Å². The predicted molar refractivity (Wildman–Crippen MR) is 123 cm³/mol. The number of methoxy groups -OCH3 is 2. The molecule has 0 spiro atoms. The number of hydrogen-bond acceptors (Lipinski definition) is 5. The molecule has 1 amide bonds. The third-order valence-electron chi connectivity index (χ3n) is 5.72. The number of alkyl halides is 3. The van der Waals surface area contributed by atoms with Crippen molar-refractivity contribution in [2.24, 2.45) is 5.41 Å². The zero-order valence-electron chi connectivity index (χ0n) is 20.6. The van der Waals surface area contributed by atoms with Gasteiger partial charge in [-0.2, -0.15) is 18.3 Å². The van der Waals surface area contributed by atoms with Crippen LogP contribution in [0.5, 0.6) is 11.5 Å². The number of ether oxygens (including phenoxy) is 2. The molecule has 2 aromatic rings. The Kier molecular flexibility index (Phi) is 6.83. The van der Waals surface area contributed by atoms with Crippen molar-refractivity contribution >= 4 is 11.7 Å². The molecule has 0 saturated carbocycles. The van der Waals surface area contributed by atoms with Crippen LogP contribution in [0, 0.1) is 5.41 Å². The van der Waals surface area contributed by atoms with E-state index in [-0.39, 0.29) is 23.2 Å². The minimum absolute atomic E-state index is 0.0393. The fraction of sp³-hybridized carbons (Fsp3) is 0.583. The molecular formula is C24H33F3N4O3. The Balaban J connectivity index is 1.97. The molecule has 10 heteroatoms. The minimum atomic E-state index is -4.54. The first kappa shape index (κ1) is 25.7. The van der Waals surface area contributed by atoms with Crippen molar-refractivity contribution in [2.45, 2.75) is 71.3 Å². The van der Waals surface area contributed by atoms with Crippen molar-refractivity contribution < 1.29 is 27.4 Å². The molecule has 0 fully saturated rings. The van der Waals surface area contributed by atoms with E-state index in [9.17, 15) is 18.0 Å². The number of amides is 1. The standard InChI is InChI=1S/C24H33F3N4O3/c1-22(2,3)13-23(4,5)30-21(32)15-12-28-31-19(24(25,26)27)11-16(29-20(15)31)14-8-9-17(33-6)18(10-14)34-7/h8-10,12,16,19,29H,11,13H2,1-7H3,(H,30,32)/t16-,19-/m0/s1. The molecule has 0 aliphatic carbocycles. The molecule has 2 N–H and O–H groups in total. The zero-order valence-corrected chi connectivity index (χ0v) is 20.6. The summed E-state index contributed by atoms with van der Waals surface area (Å²) < 4.78 is 53.4. The number of aromatic nitrogens is 2. The monoisotopic (exact) mass is 482 g/mol. The molecule has 34 heavy (non-hydrogen) atoms. The van der Waals surface area contributed by atoms with Crippen LogP contribution < -0.4 is 20.1 Å². The zero-order chi connectivity index (χ0) is 25.5. The van der Waals surface area contributed by atoms with Crippen LogP contribution in [0.3, 0.4) is 0 Å². The van der Waals surface area contributed by atoms with Gasteiger partial charge in [-0.05, 0) is 43.4 Å². The number of fused-ring (bicyclic) bond motifs is 1. The second kappa shape index (κ2) is 9.03. The maximum atomic E-state index is 14.0. The van der Waals surface area contributed by atoms with E-state index in [0.717, 1.165) is 4.68 Å². The molecule has 1 aromatic carbocycles. The molecule has 1 aliphatic heterocycles. The molecule has 0 radical (unpaired) electrons. The summed E-state index contributed by atoms with van der Waals surface area (Å²) in [5, 5.41) is 10.0. The molecular weight excluding hydrogens is 449 g/mol. The lowest BCUT2D eigenvalue weighted by molar-refractivity contribution is -0.173. The summed E-state index contributed by atoms with van der Waals surface area (Å²) in [5.74, 6) is 0.446. The van der Waals surface area contributed by atoms with E-state index in [0.29, 0.717) is 23.5 Å². The molecule has 2 heterocycles. The number of benzene rings is 1. The van der Waals surface area contributed by atoms with Crippen LogP contribution in [-0.2, 0) is 0 Å². The van der Waals surface area contributed by atoms with Gasteiger partial charge >= 0.3 is 6.18 Å². The Labute approximate surface area is 198 Å². The van der Waals surface area contributed by atoms with Gasteiger partial charge in [0.1, 0.15) is 11.4 Å². The molecule has 1 aromatic heterocycles. The molecule has 0 bridgehead atoms. The van der Waals surface area contributed by atoms with E-state index in [1.54, 1.807) is 18.2 Å².